The molecule has 0 saturated carbocycles. The minimum atomic E-state index is -0.00560. The lowest BCUT2D eigenvalue weighted by Gasteiger charge is -2.15. The van der Waals surface area contributed by atoms with Crippen LogP contribution >= 0.6 is 11.8 Å². The highest BCUT2D eigenvalue weighted by Gasteiger charge is 2.12. The van der Waals surface area contributed by atoms with Gasteiger partial charge in [0.05, 0.1) is 5.56 Å². The van der Waals surface area contributed by atoms with E-state index in [9.17, 15) is 4.79 Å². The molecule has 1 unspecified atom stereocenters. The number of hydrogen-bond acceptors (Lipinski definition) is 3. The van der Waals surface area contributed by atoms with Crippen LogP contribution in [0.25, 0.3) is 0 Å². The van der Waals surface area contributed by atoms with Gasteiger partial charge in [0.15, 0.2) is 0 Å². The zero-order chi connectivity index (χ0) is 13.4. The lowest BCUT2D eigenvalue weighted by molar-refractivity contribution is 0.0940. The Kier molecular flexibility index (Phi) is 6.65. The third-order valence-electron chi connectivity index (χ3n) is 2.72. The predicted octanol–water partition coefficient (Wildman–Crippen LogP) is 2.99. The fraction of sp³-hybridized carbons (Fsp3) is 0.500. The number of rotatable bonds is 7. The van der Waals surface area contributed by atoms with Gasteiger partial charge in [-0.15, -0.1) is 0 Å². The standard InChI is InChI=1S/C14H22N2OS/c1-4-18-10-9-11(2)16-14(17)12-7-5-6-8-13(12)15-3/h5-8,11,15H,4,9-10H2,1-3H3,(H,16,17). The molecule has 0 aromatic heterocycles. The Labute approximate surface area is 114 Å². The molecule has 4 heteroatoms. The number of carbonyl (C=O) groups excluding carboxylic acids is 1. The number of para-hydroxylation sites is 1. The molecule has 0 bridgehead atoms. The summed E-state index contributed by atoms with van der Waals surface area (Å²) in [6, 6.07) is 7.76. The Morgan fingerprint density at radius 2 is 2.11 bits per heavy atom. The van der Waals surface area contributed by atoms with Gasteiger partial charge in [0.25, 0.3) is 5.91 Å². The maximum absolute atomic E-state index is 12.1. The summed E-state index contributed by atoms with van der Waals surface area (Å²) in [4.78, 5) is 12.1. The van der Waals surface area contributed by atoms with Crippen LogP contribution in [0.5, 0.6) is 0 Å². The molecule has 0 aliphatic carbocycles. The lowest BCUT2D eigenvalue weighted by atomic mass is 10.1. The fourth-order valence-corrected chi connectivity index (χ4v) is 2.49. The maximum atomic E-state index is 12.1. The van der Waals surface area contributed by atoms with Crippen molar-refractivity contribution < 1.29 is 4.79 Å². The summed E-state index contributed by atoms with van der Waals surface area (Å²) in [5, 5.41) is 6.07. The Hall–Kier alpha value is -1.16. The highest BCUT2D eigenvalue weighted by Crippen LogP contribution is 2.14. The van der Waals surface area contributed by atoms with Crippen molar-refractivity contribution in [2.45, 2.75) is 26.3 Å². The molecule has 1 aromatic rings. The van der Waals surface area contributed by atoms with Gasteiger partial charge in [-0.2, -0.15) is 11.8 Å². The van der Waals surface area contributed by atoms with E-state index >= 15 is 0 Å². The minimum Gasteiger partial charge on any atom is -0.387 e. The number of hydrogen-bond donors (Lipinski definition) is 2. The van der Waals surface area contributed by atoms with Crippen LogP contribution in [0, 0.1) is 0 Å². The summed E-state index contributed by atoms with van der Waals surface area (Å²) in [7, 11) is 1.83. The summed E-state index contributed by atoms with van der Waals surface area (Å²) in [6.07, 6.45) is 1.01. The molecule has 0 aliphatic rings. The Morgan fingerprint density at radius 3 is 2.78 bits per heavy atom. The highest BCUT2D eigenvalue weighted by molar-refractivity contribution is 7.99. The fourth-order valence-electron chi connectivity index (χ4n) is 1.68. The molecule has 1 aromatic carbocycles. The summed E-state index contributed by atoms with van der Waals surface area (Å²) >= 11 is 1.90. The summed E-state index contributed by atoms with van der Waals surface area (Å²) in [5.74, 6) is 2.21. The first kappa shape index (κ1) is 14.9. The predicted molar refractivity (Wildman–Crippen MR) is 80.5 cm³/mol. The summed E-state index contributed by atoms with van der Waals surface area (Å²) in [6.45, 7) is 4.20. The van der Waals surface area contributed by atoms with Gasteiger partial charge in [0.1, 0.15) is 0 Å². The largest absolute Gasteiger partial charge is 0.387 e. The van der Waals surface area contributed by atoms with Gasteiger partial charge >= 0.3 is 0 Å². The van der Waals surface area contributed by atoms with Gasteiger partial charge in [-0.1, -0.05) is 19.1 Å². The minimum absolute atomic E-state index is 0.00560. The van der Waals surface area contributed by atoms with Crippen LogP contribution < -0.4 is 10.6 Å². The first-order valence-electron chi connectivity index (χ1n) is 6.34. The van der Waals surface area contributed by atoms with Crippen molar-refractivity contribution >= 4 is 23.4 Å². The first-order valence-corrected chi connectivity index (χ1v) is 7.49. The molecule has 0 aliphatic heterocycles. The van der Waals surface area contributed by atoms with Gasteiger partial charge in [-0.05, 0) is 37.0 Å². The third kappa shape index (κ3) is 4.61. The van der Waals surface area contributed by atoms with Gasteiger partial charge in [-0.25, -0.2) is 0 Å². The summed E-state index contributed by atoms with van der Waals surface area (Å²) < 4.78 is 0. The molecular formula is C14H22N2OS. The Bertz CT molecular complexity index is 382. The van der Waals surface area contributed by atoms with E-state index in [-0.39, 0.29) is 11.9 Å². The second-order valence-electron chi connectivity index (χ2n) is 4.16. The molecule has 2 N–H and O–H groups in total. The van der Waals surface area contributed by atoms with E-state index in [4.69, 9.17) is 0 Å². The second-order valence-corrected chi connectivity index (χ2v) is 5.55. The van der Waals surface area contributed by atoms with Crippen LogP contribution in [-0.4, -0.2) is 30.5 Å². The van der Waals surface area contributed by atoms with Crippen molar-refractivity contribution in [3.63, 3.8) is 0 Å². The number of benzene rings is 1. The van der Waals surface area contributed by atoms with E-state index in [0.29, 0.717) is 5.56 Å². The molecule has 0 spiro atoms. The van der Waals surface area contributed by atoms with Crippen LogP contribution in [0.4, 0.5) is 5.69 Å². The smallest absolute Gasteiger partial charge is 0.253 e. The molecule has 0 fully saturated rings. The van der Waals surface area contributed by atoms with Crippen molar-refractivity contribution in [3.05, 3.63) is 29.8 Å². The number of anilines is 1. The van der Waals surface area contributed by atoms with E-state index in [2.05, 4.69) is 24.5 Å². The maximum Gasteiger partial charge on any atom is 0.253 e. The number of carbonyl (C=O) groups is 1. The van der Waals surface area contributed by atoms with Crippen molar-refractivity contribution in [1.29, 1.82) is 0 Å². The van der Waals surface area contributed by atoms with Crippen LogP contribution in [0.15, 0.2) is 24.3 Å². The van der Waals surface area contributed by atoms with Gasteiger partial charge in [-0.3, -0.25) is 4.79 Å². The number of nitrogens with one attached hydrogen (secondary N) is 2. The molecular weight excluding hydrogens is 244 g/mol. The molecule has 3 nitrogen and oxygen atoms in total. The van der Waals surface area contributed by atoms with Crippen LogP contribution in [0.1, 0.15) is 30.6 Å². The van der Waals surface area contributed by atoms with E-state index in [1.807, 2.05) is 43.1 Å². The number of amides is 1. The molecule has 0 saturated heterocycles. The van der Waals surface area contributed by atoms with Crippen molar-refractivity contribution in [1.82, 2.24) is 5.32 Å². The Balaban J connectivity index is 2.54. The zero-order valence-electron chi connectivity index (χ0n) is 11.3. The highest BCUT2D eigenvalue weighted by atomic mass is 32.2. The van der Waals surface area contributed by atoms with E-state index in [1.54, 1.807) is 0 Å². The quantitative estimate of drug-likeness (QED) is 0.745. The monoisotopic (exact) mass is 266 g/mol. The third-order valence-corrected chi connectivity index (χ3v) is 3.65. The average molecular weight is 266 g/mol. The molecule has 1 amide bonds. The normalized spacial score (nSPS) is 11.9. The first-order chi connectivity index (χ1) is 8.69. The van der Waals surface area contributed by atoms with E-state index in [0.717, 1.165) is 23.6 Å². The molecule has 18 heavy (non-hydrogen) atoms. The molecule has 100 valence electrons. The lowest BCUT2D eigenvalue weighted by Crippen LogP contribution is -2.33. The van der Waals surface area contributed by atoms with Crippen LogP contribution in [0.3, 0.4) is 0 Å². The van der Waals surface area contributed by atoms with Gasteiger partial charge < -0.3 is 10.6 Å². The molecule has 0 heterocycles. The zero-order valence-corrected chi connectivity index (χ0v) is 12.1. The van der Waals surface area contributed by atoms with Crippen LogP contribution in [0.2, 0.25) is 0 Å². The molecule has 0 radical (unpaired) electrons. The van der Waals surface area contributed by atoms with Crippen molar-refractivity contribution in [2.75, 3.05) is 23.9 Å². The van der Waals surface area contributed by atoms with Crippen molar-refractivity contribution in [3.8, 4) is 0 Å². The van der Waals surface area contributed by atoms with Gasteiger partial charge in [0, 0.05) is 18.8 Å². The topological polar surface area (TPSA) is 41.1 Å². The second kappa shape index (κ2) is 8.03. The summed E-state index contributed by atoms with van der Waals surface area (Å²) in [5.41, 5.74) is 1.57. The van der Waals surface area contributed by atoms with E-state index < -0.39 is 0 Å². The van der Waals surface area contributed by atoms with Crippen LogP contribution in [-0.2, 0) is 0 Å². The van der Waals surface area contributed by atoms with E-state index in [1.165, 1.54) is 0 Å². The Morgan fingerprint density at radius 1 is 1.39 bits per heavy atom. The van der Waals surface area contributed by atoms with Crippen molar-refractivity contribution in [2.24, 2.45) is 0 Å². The average Bonchev–Trinajstić information content (AvgIpc) is 2.39. The number of thioether (sulfide) groups is 1. The molecule has 1 atom stereocenters. The molecule has 1 rings (SSSR count). The van der Waals surface area contributed by atoms with Gasteiger partial charge in [0.2, 0.25) is 0 Å². The SMILES string of the molecule is CCSCCC(C)NC(=O)c1ccccc1NC.